The Kier molecular flexibility index (Phi) is 3.87. The summed E-state index contributed by atoms with van der Waals surface area (Å²) in [6.07, 6.45) is 3.71. The molecule has 5 heteroatoms. The van der Waals surface area contributed by atoms with Gasteiger partial charge in [-0.05, 0) is 18.8 Å². The van der Waals surface area contributed by atoms with Gasteiger partial charge in [-0.1, -0.05) is 36.5 Å². The van der Waals surface area contributed by atoms with Gasteiger partial charge in [-0.15, -0.1) is 10.2 Å². The van der Waals surface area contributed by atoms with E-state index < -0.39 is 0 Å². The third-order valence-corrected chi connectivity index (χ3v) is 3.59. The lowest BCUT2D eigenvalue weighted by atomic mass is 9.95. The van der Waals surface area contributed by atoms with Crippen LogP contribution in [0.2, 0.25) is 10.3 Å². The Morgan fingerprint density at radius 2 is 2.25 bits per heavy atom. The van der Waals surface area contributed by atoms with Crippen molar-refractivity contribution in [3.63, 3.8) is 0 Å². The van der Waals surface area contributed by atoms with Gasteiger partial charge in [0.2, 0.25) is 0 Å². The van der Waals surface area contributed by atoms with Gasteiger partial charge in [0.15, 0.2) is 10.3 Å². The Labute approximate surface area is 106 Å². The number of hydrogen-bond acceptors (Lipinski definition) is 3. The molecule has 1 aliphatic heterocycles. The maximum atomic E-state index is 6.05. The number of piperidine rings is 1. The maximum Gasteiger partial charge on any atom is 0.175 e. The normalized spacial score (nSPS) is 21.2. The van der Waals surface area contributed by atoms with E-state index in [2.05, 4.69) is 22.0 Å². The first-order chi connectivity index (χ1) is 7.70. The second kappa shape index (κ2) is 5.19. The lowest BCUT2D eigenvalue weighted by Gasteiger charge is -2.34. The lowest BCUT2D eigenvalue weighted by Crippen LogP contribution is -2.35. The molecule has 1 saturated heterocycles. The molecule has 1 aromatic rings. The van der Waals surface area contributed by atoms with Crippen molar-refractivity contribution in [2.45, 2.75) is 26.2 Å². The summed E-state index contributed by atoms with van der Waals surface area (Å²) in [6.45, 7) is 4.30. The van der Waals surface area contributed by atoms with Crippen LogP contribution in [-0.2, 0) is 0 Å². The van der Waals surface area contributed by atoms with Gasteiger partial charge in [-0.25, -0.2) is 0 Å². The molecule has 0 aliphatic carbocycles. The van der Waals surface area contributed by atoms with E-state index in [1.807, 2.05) is 0 Å². The Bertz CT molecular complexity index is 370. The van der Waals surface area contributed by atoms with Crippen molar-refractivity contribution in [1.29, 1.82) is 0 Å². The number of rotatable bonds is 2. The first kappa shape index (κ1) is 11.9. The lowest BCUT2D eigenvalue weighted by molar-refractivity contribution is 0.404. The number of halogens is 2. The standard InChI is InChI=1S/C11H15Cl2N3/c1-2-8-4-3-5-16(7-8)9-6-10(12)14-15-11(9)13/h6,8H,2-5,7H2,1H3. The summed E-state index contributed by atoms with van der Waals surface area (Å²) in [5.41, 5.74) is 0.916. The SMILES string of the molecule is CCC1CCCN(c2cc(Cl)nnc2Cl)C1. The molecule has 0 spiro atoms. The monoisotopic (exact) mass is 259 g/mol. The van der Waals surface area contributed by atoms with Crippen LogP contribution < -0.4 is 4.90 Å². The minimum absolute atomic E-state index is 0.401. The number of hydrogen-bond donors (Lipinski definition) is 0. The number of aromatic nitrogens is 2. The van der Waals surface area contributed by atoms with Crippen LogP contribution in [0, 0.1) is 5.92 Å². The van der Waals surface area contributed by atoms with Gasteiger partial charge in [0.1, 0.15) is 0 Å². The summed E-state index contributed by atoms with van der Waals surface area (Å²) in [5.74, 6) is 0.747. The highest BCUT2D eigenvalue weighted by atomic mass is 35.5. The number of nitrogens with zero attached hydrogens (tertiary/aromatic N) is 3. The molecule has 0 aromatic carbocycles. The first-order valence-electron chi connectivity index (χ1n) is 5.64. The molecule has 88 valence electrons. The van der Waals surface area contributed by atoms with Crippen LogP contribution in [0.1, 0.15) is 26.2 Å². The Morgan fingerprint density at radius 1 is 1.44 bits per heavy atom. The summed E-state index contributed by atoms with van der Waals surface area (Å²) < 4.78 is 0. The molecule has 1 aliphatic rings. The van der Waals surface area contributed by atoms with Gasteiger partial charge in [-0.2, -0.15) is 0 Å². The van der Waals surface area contributed by atoms with Crippen LogP contribution in [0.3, 0.4) is 0 Å². The first-order valence-corrected chi connectivity index (χ1v) is 6.40. The van der Waals surface area contributed by atoms with Crippen molar-refractivity contribution < 1.29 is 0 Å². The zero-order valence-electron chi connectivity index (χ0n) is 9.29. The van der Waals surface area contributed by atoms with Gasteiger partial charge in [-0.3, -0.25) is 0 Å². The van der Waals surface area contributed by atoms with E-state index in [-0.39, 0.29) is 0 Å². The topological polar surface area (TPSA) is 29.0 Å². The molecule has 16 heavy (non-hydrogen) atoms. The Morgan fingerprint density at radius 3 is 3.00 bits per heavy atom. The van der Waals surface area contributed by atoms with Crippen molar-refractivity contribution >= 4 is 28.9 Å². The van der Waals surface area contributed by atoms with E-state index in [4.69, 9.17) is 23.2 Å². The molecule has 0 radical (unpaired) electrons. The highest BCUT2D eigenvalue weighted by Gasteiger charge is 2.21. The van der Waals surface area contributed by atoms with Gasteiger partial charge in [0, 0.05) is 19.2 Å². The van der Waals surface area contributed by atoms with Gasteiger partial charge < -0.3 is 4.90 Å². The number of anilines is 1. The molecule has 0 saturated carbocycles. The third kappa shape index (κ3) is 2.58. The van der Waals surface area contributed by atoms with Gasteiger partial charge in [0.25, 0.3) is 0 Å². The fraction of sp³-hybridized carbons (Fsp3) is 0.636. The van der Waals surface area contributed by atoms with Crippen LogP contribution >= 0.6 is 23.2 Å². The molecule has 0 bridgehead atoms. The van der Waals surface area contributed by atoms with Gasteiger partial charge >= 0.3 is 0 Å². The molecule has 2 rings (SSSR count). The molecule has 0 amide bonds. The third-order valence-electron chi connectivity index (χ3n) is 3.14. The molecule has 1 unspecified atom stereocenters. The minimum Gasteiger partial charge on any atom is -0.369 e. The molecule has 2 heterocycles. The van der Waals surface area contributed by atoms with Crippen molar-refractivity contribution in [3.8, 4) is 0 Å². The predicted octanol–water partition coefficient (Wildman–Crippen LogP) is 3.41. The highest BCUT2D eigenvalue weighted by molar-refractivity contribution is 6.33. The fourth-order valence-corrected chi connectivity index (χ4v) is 2.54. The molecule has 1 atom stereocenters. The summed E-state index contributed by atoms with van der Waals surface area (Å²) in [7, 11) is 0. The molecule has 3 nitrogen and oxygen atoms in total. The average Bonchev–Trinajstić information content (AvgIpc) is 2.32. The molecule has 1 aromatic heterocycles. The fourth-order valence-electron chi connectivity index (χ4n) is 2.18. The van der Waals surface area contributed by atoms with E-state index in [0.717, 1.165) is 24.7 Å². The van der Waals surface area contributed by atoms with E-state index >= 15 is 0 Å². The summed E-state index contributed by atoms with van der Waals surface area (Å²) in [6, 6.07) is 1.80. The largest absolute Gasteiger partial charge is 0.369 e. The van der Waals surface area contributed by atoms with Gasteiger partial charge in [0.05, 0.1) is 5.69 Å². The Hall–Kier alpha value is -0.540. The molecular formula is C11H15Cl2N3. The van der Waals surface area contributed by atoms with Crippen molar-refractivity contribution in [2.24, 2.45) is 5.92 Å². The van der Waals surface area contributed by atoms with E-state index in [1.165, 1.54) is 19.3 Å². The van der Waals surface area contributed by atoms with Crippen LogP contribution in [-0.4, -0.2) is 23.3 Å². The second-order valence-corrected chi connectivity index (χ2v) is 4.95. The molecular weight excluding hydrogens is 245 g/mol. The van der Waals surface area contributed by atoms with Crippen LogP contribution in [0.25, 0.3) is 0 Å². The second-order valence-electron chi connectivity index (χ2n) is 4.21. The smallest absolute Gasteiger partial charge is 0.175 e. The van der Waals surface area contributed by atoms with Crippen LogP contribution in [0.5, 0.6) is 0 Å². The Balaban J connectivity index is 2.19. The summed E-state index contributed by atoms with van der Waals surface area (Å²) in [5, 5.41) is 8.42. The van der Waals surface area contributed by atoms with E-state index in [9.17, 15) is 0 Å². The quantitative estimate of drug-likeness (QED) is 0.815. The average molecular weight is 260 g/mol. The highest BCUT2D eigenvalue weighted by Crippen LogP contribution is 2.30. The summed E-state index contributed by atoms with van der Waals surface area (Å²) in [4.78, 5) is 2.26. The summed E-state index contributed by atoms with van der Waals surface area (Å²) >= 11 is 11.9. The van der Waals surface area contributed by atoms with E-state index in [0.29, 0.717) is 10.3 Å². The van der Waals surface area contributed by atoms with Crippen LogP contribution in [0.15, 0.2) is 6.07 Å². The maximum absolute atomic E-state index is 6.05. The zero-order valence-corrected chi connectivity index (χ0v) is 10.8. The zero-order chi connectivity index (χ0) is 11.5. The predicted molar refractivity (Wildman–Crippen MR) is 67.3 cm³/mol. The van der Waals surface area contributed by atoms with Crippen molar-refractivity contribution in [2.75, 3.05) is 18.0 Å². The van der Waals surface area contributed by atoms with Crippen LogP contribution in [0.4, 0.5) is 5.69 Å². The van der Waals surface area contributed by atoms with E-state index in [1.54, 1.807) is 6.07 Å². The van der Waals surface area contributed by atoms with Crippen molar-refractivity contribution in [1.82, 2.24) is 10.2 Å². The van der Waals surface area contributed by atoms with Crippen molar-refractivity contribution in [3.05, 3.63) is 16.4 Å². The molecule has 1 fully saturated rings. The minimum atomic E-state index is 0.401. The molecule has 0 N–H and O–H groups in total.